The maximum absolute atomic E-state index is 14.6. The lowest BCUT2D eigenvalue weighted by molar-refractivity contribution is -0.150. The van der Waals surface area contributed by atoms with E-state index in [4.69, 9.17) is 40.0 Å². The molecule has 706 valence electrons. The van der Waals surface area contributed by atoms with E-state index in [1.807, 2.05) is 0 Å². The normalized spacial score (nSPS) is 44.2. The van der Waals surface area contributed by atoms with E-state index in [0.717, 1.165) is 31.7 Å². The summed E-state index contributed by atoms with van der Waals surface area (Å²) in [5, 5.41) is 1.24. The minimum absolute atomic E-state index is 0. The number of likely N-dealkylation sites (tertiary alicyclic amines) is 1. The lowest BCUT2D eigenvalue weighted by Gasteiger charge is -2.56. The fourth-order valence-electron chi connectivity index (χ4n) is 12.6. The summed E-state index contributed by atoms with van der Waals surface area (Å²) in [6, 6.07) is 6.42. The number of piperazine rings is 1. The van der Waals surface area contributed by atoms with Crippen LogP contribution in [0.3, 0.4) is 0 Å². The summed E-state index contributed by atoms with van der Waals surface area (Å²) in [6.07, 6.45) is 1.99. The molecule has 3 saturated carbocycles. The molecule has 2 aliphatic heterocycles. The van der Waals surface area contributed by atoms with Crippen LogP contribution in [0, 0.1) is 76.9 Å². The third-order valence-corrected chi connectivity index (χ3v) is 16.3. The largest absolute Gasteiger partial charge is 0.352 e. The number of carbonyl (C=O) groups is 2. The van der Waals surface area contributed by atoms with Gasteiger partial charge in [0.2, 0.25) is 11.8 Å². The van der Waals surface area contributed by atoms with Crippen molar-refractivity contribution >= 4 is 39.3 Å². The Morgan fingerprint density at radius 3 is 2.23 bits per heavy atom. The molecular formula is C40H508N4O2S. The smallest absolute Gasteiger partial charge is 0.233 e. The molecule has 6 unspecified atom stereocenters. The number of fused-ring (bicyclic) bond motifs is 6. The van der Waals surface area contributed by atoms with Crippen LogP contribution < -0.4 is 4.90 Å². The second-order valence-electron chi connectivity index (χ2n) is 18.0. The van der Waals surface area contributed by atoms with Gasteiger partial charge in [-0.1, -0.05) is 67.5 Å². The lowest BCUT2D eigenvalue weighted by atomic mass is 9.53. The molecule has 47 heavy (non-hydrogen) atoms. The maximum atomic E-state index is 14.6. The van der Waals surface area contributed by atoms with Crippen molar-refractivity contribution < 1.29 is 349 Å². The molecule has 3 heterocycles. The Kier molecular flexibility index (Phi) is 5.10. The van der Waals surface area contributed by atoms with E-state index >= 15 is 0 Å². The summed E-state index contributed by atoms with van der Waals surface area (Å²) >= 11 is 1.57. The lowest BCUT2D eigenvalue weighted by Crippen LogP contribution is -2.62. The van der Waals surface area contributed by atoms with Crippen LogP contribution >= 0.6 is 11.5 Å². The molecular weight excluding hydrogens is 601 g/mol. The van der Waals surface area contributed by atoms with Gasteiger partial charge in [-0.3, -0.25) is 19.4 Å². The molecule has 3 aliphatic carbocycles. The number of carbonyl (C=O) groups excluding carboxylic acids is 2. The van der Waals surface area contributed by atoms with Crippen LogP contribution in [0.2, 0.25) is 0 Å². The van der Waals surface area contributed by atoms with Crippen LogP contribution in [-0.2, 0) is 9.59 Å². The summed E-state index contributed by atoms with van der Waals surface area (Å²) in [4.78, 5) is 35.8. The Morgan fingerprint density at radius 1 is 1.00 bits per heavy atom. The number of aryl methyl sites for hydroxylation is 1. The number of likely N-dealkylation sites (N-methyl/N-ethyl adjacent to an activating group) is 1. The molecule has 13 atom stereocenters. The van der Waals surface area contributed by atoms with Gasteiger partial charge < -0.3 is 4.90 Å². The predicted octanol–water partition coefficient (Wildman–Crippen LogP) is 63.1. The third-order valence-electron chi connectivity index (χ3n) is 15.5. The number of nitrogens with zero attached hydrogens (tertiary/aromatic N) is 4. The highest BCUT2D eigenvalue weighted by molar-refractivity contribution is 7.13. The molecule has 0 radical (unpaired) electrons. The molecule has 0 spiro atoms. The summed E-state index contributed by atoms with van der Waals surface area (Å²) in [6.45, 7) is 26.7. The summed E-state index contributed by atoms with van der Waals surface area (Å²) in [5.74, 6) is 1.90. The Morgan fingerprint density at radius 2 is 1.62 bits per heavy atom. The number of imide groups is 1. The van der Waals surface area contributed by atoms with E-state index < -0.39 is 5.89 Å². The van der Waals surface area contributed by atoms with E-state index in [1.54, 1.807) is 16.4 Å². The molecule has 7 heteroatoms. The molecule has 2 bridgehead atoms. The molecule has 0 N–H and O–H groups in total. The fraction of sp³-hybridized carbons (Fsp3) is 0.775. The highest BCUT2D eigenvalue weighted by atomic mass is 32.1. The van der Waals surface area contributed by atoms with Crippen molar-refractivity contribution in [2.45, 2.75) is 107 Å². The predicted molar refractivity (Wildman–Crippen MR) is 667 cm³/mol. The summed E-state index contributed by atoms with van der Waals surface area (Å²) in [7, 11) is 2.20. The molecule has 5 aliphatic rings. The van der Waals surface area contributed by atoms with Crippen LogP contribution in [0.4, 0.5) is 5.82 Å². The van der Waals surface area contributed by atoms with Gasteiger partial charge in [-0.15, -0.1) is 0 Å². The van der Waals surface area contributed by atoms with Crippen molar-refractivity contribution in [2.24, 2.45) is 70.0 Å². The van der Waals surface area contributed by atoms with Crippen LogP contribution in [0.25, 0.3) is 10.1 Å². The van der Waals surface area contributed by atoms with Gasteiger partial charge in [-0.05, 0) is 122 Å². The van der Waals surface area contributed by atoms with Crippen LogP contribution in [-0.4, -0.2) is 64.3 Å². The average molecular weight is 1140 g/mol. The van der Waals surface area contributed by atoms with Gasteiger partial charge in [0.25, 0.3) is 0 Å². The Hall–Kier alpha value is -1.99. The standard InChI is InChI=1S/C40H60N4O2S.224H2/c1-20-14-13-15-29-30(20)36(41-47-29)43-18-22(3)42(12)28(19-43)25(6)27-17-16-21(2)39(8,9)35(27)26(7)44-37(45)31-32(38(44)46)34-24(5)23(4)33(31)40(34,10)11;;;;;;;;;;;;;;;;;;;;;;;;;;;;;;;;;;;;;;;;;;;;;;;;;;;;;;;;;;;;;;;;;;;;;;;;;;;;;;;;;;;;;;;;;;;;;;;;;;;;;;;;;;;;;;;;;;;;;;;;;;;;;;;;;;;;;;;;;;;;;;;;;;;;;;;;;;;;;;;;;;;;;;;;;;;;;;;;;;;;;;;;;;;;;;;;;;;;;;;;;;;;;;;;;;;;;;;;;;;;;;;;/h13-15,21-28,31-35H,16-19H2,1-12H3;224*1H/t21?,22?,23?,24?,25?,26-,27-,28-,31-,32+,33+,34?,35-;;;;;;;;;;;;;;;;;;;;;;;;;;;;;;;;;;;;;;;;;;;;;;;;;;;;;;;;;;;;;;;;;;;;;;;;;;;;;;;;;;;;;;;;;;;;;;;;;;;;;;;;;;;;;;;;;;;;;;;;;;;;;;;;;;;;;;;;;;;;;;;;;;;;;;;;;;;;;;;;;;;;;;;;;;;;;;;;;;;;;;;;;;;;;;;;;;;;;;;;;;;;;;;;;;;;;;;;;;;;;;;;/m0................................................................................................................................................................................................................................/s1/i25D;12*1+1D;;;;;;;;;;;;;;;;;;;;;;;;;;;;;;;;;;;;;;;;;;;;;;;;;;;;;;;;;;;;;;;;;;;;;;;;;;;;;;;;;;;;;;;;;;;;;;;;;;;;;;;;;;;;;;;;;;;;;;;;;;;;;;;;;;;;;;;;;;;;;;;;;;;;;;;;;;;;;;;;;;;;;;;;;;;;;;;;;;;;;;;;;;;;;;;;;;;;;;;;;;;;;;;;;;;;. The summed E-state index contributed by atoms with van der Waals surface area (Å²) in [5.41, 5.74) is 1.11. The third kappa shape index (κ3) is 4.60. The van der Waals surface area contributed by atoms with Crippen molar-refractivity contribution in [3.63, 3.8) is 0 Å². The molecule has 2 amide bonds. The van der Waals surface area contributed by atoms with Crippen molar-refractivity contribution in [1.82, 2.24) is 14.2 Å². The molecule has 7 rings (SSSR count). The number of rotatable bonds is 5. The first-order chi connectivity index (χ1) is 34.3. The zero-order valence-corrected chi connectivity index (χ0v) is 31.8. The number of benzene rings is 1. The first kappa shape index (κ1) is 21.3. The molecule has 1 aromatic heterocycles. The van der Waals surface area contributed by atoms with E-state index in [9.17, 15) is 11.0 Å². The Bertz CT molecular complexity index is 1760. The molecule has 1 aromatic carbocycles. The van der Waals surface area contributed by atoms with Crippen LogP contribution in [0.15, 0.2) is 18.2 Å². The SMILES string of the molecule is [2H]C(C)([C@@H]1CCC(C)C(C)(C)[C@H]1[C@H](C)N1C(=O)[C@@H]2[C@H]3C(C)C(C)C([C@@H]2C1=O)C3(C)C)[C@@H]1CN(c2nsc3cccc(C)c23)CC(C)N1C.[2H][2H].[2H][2H].[2H][2H].[2H][2H].[2H][2H].[2H][2H].[2H][2H].[2H][2H].[2H][2H].[2H][2H].[2H][2H].[2H][2H].[HH].[HH].[HH].[HH].[HH].[HH].[HH].[HH].[HH].[HH].[HH].[HH].[HH].[HH].[HH].[HH].[HH].[HH].[HH].[HH].[HH].[HH].[HH].[HH].[HH].[HH].[HH].[HH].[HH].[HH].[HH].[HH].[HH].[HH].[HH].[HH].[HH].[HH].[HH].[HH].[HH].[HH].[HH].[HH].[HH].[HH].[HH].[HH].[HH].[HH].[HH].[HH].[HH].[HH].[HH].[HH].[HH].[HH].[HH].[HH].[HH].[HH].[HH].[HH].[HH].[HH].[HH].[HH].[HH].[HH].[HH].[HH].[HH].[HH].[HH].[HH].[HH].[HH].[HH].[HH].[HH].[HH].[HH].[HH].[HH].[HH].[HH].[HH].[HH].[HH].[HH].[HH].[HH].[HH].[HH].[HH].[HH].[HH].[HH].[HH].[HH].[HH].[HH].[HH].[HH].[HH].[HH].[HH].[HH].[HH].[HH].[HH].[HH].[HH].[HH].[HH].[HH].[HH].[HH].[HH].[HH].[HH].[HH].[HH].[HH].[HH].[HH].[HH].[HH].[HH].[HH].[HH].[HH].[HH].[HH].[HH].[HH].[HH].[HH].[HH].[HH].[HH].[HH].[HH].[HH].[HH].[HH].[HH].[HH].[HH].[HH].[HH].[HH].[HH].[HH].[HH].[HH].[HH].[HH].[HH].[HH].[HH].[HH].[HH].[HH].[HH].[HH].[HH].[HH].[HH].[HH].[HH].[HH].[HH].[HH].[HH].[HH].[HH].[HH].[HH].[HH].[HH].[HH].[HH].[HH].[HH].[HH].[HH].[HH].[HH].[HH].[HH].[HH].[HH].[HH].[HH].[HH].[HH].[HH].[HH].[HH].[HH].[HH].[HH].[HH].[HH].[HH].[HH].[HH].[HH].[HH].[HH]. The van der Waals surface area contributed by atoms with Gasteiger partial charge in [-0.2, -0.15) is 4.37 Å². The zero-order valence-electron chi connectivity index (χ0n) is 56.0. The second kappa shape index (κ2) is 11.3. The van der Waals surface area contributed by atoms with Gasteiger partial charge in [0.1, 0.15) is 0 Å². The highest BCUT2D eigenvalue weighted by Crippen LogP contribution is 2.70. The van der Waals surface area contributed by atoms with Gasteiger partial charge in [-0.25, -0.2) is 0 Å². The zero-order chi connectivity index (χ0) is 59.0. The number of anilines is 1. The number of hydrogen-bond donors (Lipinski definition) is 0. The molecule has 2 aromatic rings. The molecule has 5 fully saturated rings. The van der Waals surface area contributed by atoms with Gasteiger partial charge >= 0.3 is 0 Å². The minimum atomic E-state index is -0.815. The first-order valence-corrected chi connectivity index (χ1v) is 19.3. The number of amides is 2. The van der Waals surface area contributed by atoms with Crippen LogP contribution in [0.1, 0.15) is 427 Å². The molecule has 2 saturated heterocycles. The van der Waals surface area contributed by atoms with Crippen LogP contribution in [0.5, 0.6) is 0 Å². The average Bonchev–Trinajstić information content (AvgIpc) is 1.51. The first-order valence-electron chi connectivity index (χ1n) is 31.0. The number of aromatic nitrogens is 1. The minimum Gasteiger partial charge on any atom is -0.352 e. The topological polar surface area (TPSA) is 56.8 Å². The van der Waals surface area contributed by atoms with Crippen molar-refractivity contribution in [3.05, 3.63) is 23.8 Å². The van der Waals surface area contributed by atoms with E-state index in [-0.39, 0.29) is 379 Å². The van der Waals surface area contributed by atoms with Crippen molar-refractivity contribution in [1.29, 1.82) is 0 Å². The fourth-order valence-corrected chi connectivity index (χ4v) is 13.4. The van der Waals surface area contributed by atoms with E-state index in [2.05, 4.69) is 111 Å². The number of hydrogen-bond acceptors (Lipinski definition) is 6. The van der Waals surface area contributed by atoms with E-state index in [0.29, 0.717) is 17.8 Å². The highest BCUT2D eigenvalue weighted by Gasteiger charge is 2.73. The molecule has 6 nitrogen and oxygen atoms in total. The maximum Gasteiger partial charge on any atom is 0.233 e. The second-order valence-corrected chi connectivity index (χ2v) is 18.8. The van der Waals surface area contributed by atoms with Gasteiger partial charge in [0, 0.05) is 376 Å². The van der Waals surface area contributed by atoms with Gasteiger partial charge in [0.15, 0.2) is 5.82 Å². The van der Waals surface area contributed by atoms with Crippen molar-refractivity contribution in [2.75, 3.05) is 25.0 Å². The summed E-state index contributed by atoms with van der Waals surface area (Å²) < 4.78 is 137. The monoisotopic (exact) mass is 1140 g/mol. The quantitative estimate of drug-likeness (QED) is 0.279. The Balaban J connectivity index is -0.000000000829. The Labute approximate surface area is 641 Å². The van der Waals surface area contributed by atoms with E-state index in [1.165, 1.54) is 15.6 Å². The van der Waals surface area contributed by atoms with Crippen molar-refractivity contribution in [3.8, 4) is 0 Å². The van der Waals surface area contributed by atoms with Gasteiger partial charge in [0.05, 0.1) is 16.5 Å².